The molecule has 29 heavy (non-hydrogen) atoms. The first-order valence-corrected chi connectivity index (χ1v) is 13.1. The van der Waals surface area contributed by atoms with Crippen LogP contribution in [-0.2, 0) is 9.13 Å². The molecule has 9 nitrogen and oxygen atoms in total. The van der Waals surface area contributed by atoms with Gasteiger partial charge in [-0.1, -0.05) is 118 Å². The van der Waals surface area contributed by atoms with Crippen LogP contribution in [0.5, 0.6) is 0 Å². The number of unbranched alkanes of at least 4 members (excludes halogenated alkanes) is 14. The molecule has 0 aromatic heterocycles. The molecule has 0 aliphatic rings. The molecule has 0 saturated carbocycles. The summed E-state index contributed by atoms with van der Waals surface area (Å²) in [6, 6.07) is 0. The number of rotatable bonds is 14. The van der Waals surface area contributed by atoms with Gasteiger partial charge < -0.3 is 34.8 Å². The third kappa shape index (κ3) is 96.1. The molecule has 0 aliphatic carbocycles. The lowest BCUT2D eigenvalue weighted by atomic mass is 10.0. The van der Waals surface area contributed by atoms with Crippen molar-refractivity contribution in [2.24, 2.45) is 0 Å². The van der Waals surface area contributed by atoms with E-state index in [9.17, 15) is 0 Å². The fourth-order valence-corrected chi connectivity index (χ4v) is 2.44. The van der Waals surface area contributed by atoms with Crippen molar-refractivity contribution in [1.82, 2.24) is 0 Å². The molecule has 0 aromatic rings. The van der Waals surface area contributed by atoms with Crippen LogP contribution in [0.4, 0.5) is 0 Å². The Morgan fingerprint density at radius 3 is 0.655 bits per heavy atom. The summed E-state index contributed by atoms with van der Waals surface area (Å²) in [4.78, 5) is 43.1. The number of hydrogen-bond donors (Lipinski definition) is 6. The summed E-state index contributed by atoms with van der Waals surface area (Å²) in [6.45, 7) is 4.58. The van der Waals surface area contributed by atoms with Crippen molar-refractivity contribution in [2.45, 2.75) is 118 Å². The quantitative estimate of drug-likeness (QED) is 0.154. The lowest BCUT2D eigenvalue weighted by molar-refractivity contribution is 0.272. The minimum Gasteiger partial charge on any atom is -0.412 e. The zero-order valence-corrected chi connectivity index (χ0v) is 19.3. The predicted octanol–water partition coefficient (Wildman–Crippen LogP) is 4.83. The smallest absolute Gasteiger partial charge is 0.412 e. The minimum absolute atomic E-state index is 0. The van der Waals surface area contributed by atoms with Gasteiger partial charge in [0.25, 0.3) is 0 Å². The molecule has 0 saturated heterocycles. The van der Waals surface area contributed by atoms with Gasteiger partial charge in [0.05, 0.1) is 0 Å². The Balaban J connectivity index is -0.000000133. The van der Waals surface area contributed by atoms with Crippen molar-refractivity contribution < 1.29 is 44.0 Å². The number of hydrogen-bond acceptors (Lipinski definition) is 2. The molecule has 0 unspecified atom stereocenters. The third-order valence-corrected chi connectivity index (χ3v) is 3.71. The summed E-state index contributed by atoms with van der Waals surface area (Å²) in [5.74, 6) is 0. The molecule has 0 fully saturated rings. The summed E-state index contributed by atoms with van der Waals surface area (Å²) >= 11 is 0. The Hall–Kier alpha value is 0.180. The first-order chi connectivity index (χ1) is 12.4. The normalized spacial score (nSPS) is 10.5. The fourth-order valence-electron chi connectivity index (χ4n) is 2.44. The first-order valence-electron chi connectivity index (χ1n) is 9.98. The highest BCUT2D eigenvalue weighted by atomic mass is 31.2. The minimum atomic E-state index is -4.64. The Bertz CT molecular complexity index is 320. The van der Waals surface area contributed by atoms with E-state index in [0.717, 1.165) is 0 Å². The van der Waals surface area contributed by atoms with E-state index >= 15 is 0 Å². The van der Waals surface area contributed by atoms with Crippen LogP contribution < -0.4 is 0 Å². The first kappa shape index (κ1) is 39.6. The maximum Gasteiger partial charge on any atom is 0.466 e. The van der Waals surface area contributed by atoms with E-state index in [1.807, 2.05) is 0 Å². The molecule has 0 amide bonds. The molecular weight excluding hydrogens is 422 g/mol. The van der Waals surface area contributed by atoms with E-state index in [-0.39, 0.29) is 12.9 Å². The fraction of sp³-hybridized carbons (Fsp3) is 1.00. The molecule has 8 N–H and O–H groups in total. The van der Waals surface area contributed by atoms with Crippen molar-refractivity contribution in [2.75, 3.05) is 0 Å². The molecule has 0 heterocycles. The van der Waals surface area contributed by atoms with Crippen LogP contribution in [0, 0.1) is 0 Å². The number of phosphoric acid groups is 2. The summed E-state index contributed by atoms with van der Waals surface area (Å²) < 4.78 is 17.8. The van der Waals surface area contributed by atoms with Gasteiger partial charge in [0, 0.05) is 0 Å². The third-order valence-electron chi connectivity index (χ3n) is 3.71. The molecule has 0 bridgehead atoms. The Kier molecular flexibility index (Phi) is 38.5. The van der Waals surface area contributed by atoms with Crippen LogP contribution in [0.1, 0.15) is 118 Å². The van der Waals surface area contributed by atoms with Gasteiger partial charge in [0.1, 0.15) is 0 Å². The maximum absolute atomic E-state index is 8.88. The van der Waals surface area contributed by atoms with Crippen LogP contribution in [0.15, 0.2) is 0 Å². The van der Waals surface area contributed by atoms with E-state index in [1.165, 1.54) is 96.3 Å². The molecule has 0 radical (unpaired) electrons. The SMILES string of the molecule is C.CCCCCCCCCCCCCCCCC.O.O=P(O)(O)O.O=P(O)(O)O. The van der Waals surface area contributed by atoms with Crippen molar-refractivity contribution in [1.29, 1.82) is 0 Å². The predicted molar refractivity (Wildman–Crippen MR) is 119 cm³/mol. The Labute approximate surface area is 177 Å². The molecular formula is C18H48O9P2. The van der Waals surface area contributed by atoms with E-state index in [1.54, 1.807) is 0 Å². The zero-order valence-electron chi connectivity index (χ0n) is 17.5. The van der Waals surface area contributed by atoms with Gasteiger partial charge in [-0.2, -0.15) is 0 Å². The average Bonchev–Trinajstić information content (AvgIpc) is 2.49. The van der Waals surface area contributed by atoms with Gasteiger partial charge in [-0.25, -0.2) is 9.13 Å². The van der Waals surface area contributed by atoms with Gasteiger partial charge in [-0.15, -0.1) is 0 Å². The van der Waals surface area contributed by atoms with Crippen molar-refractivity contribution in [3.05, 3.63) is 0 Å². The van der Waals surface area contributed by atoms with Crippen molar-refractivity contribution in [3.8, 4) is 0 Å². The summed E-state index contributed by atoms with van der Waals surface area (Å²) in [5.41, 5.74) is 0. The average molecular weight is 471 g/mol. The molecule has 0 aromatic carbocycles. The molecule has 0 aliphatic heterocycles. The monoisotopic (exact) mass is 470 g/mol. The second kappa shape index (κ2) is 28.2. The second-order valence-corrected chi connectivity index (χ2v) is 8.68. The highest BCUT2D eigenvalue weighted by molar-refractivity contribution is 7.45. The molecule has 184 valence electrons. The highest BCUT2D eigenvalue weighted by Gasteiger charge is 2.00. The van der Waals surface area contributed by atoms with Crippen LogP contribution in [-0.4, -0.2) is 34.8 Å². The topological polar surface area (TPSA) is 187 Å². The lowest BCUT2D eigenvalue weighted by Gasteiger charge is -2.02. The second-order valence-electron chi connectivity index (χ2n) is 6.62. The van der Waals surface area contributed by atoms with Gasteiger partial charge in [0.2, 0.25) is 0 Å². The van der Waals surface area contributed by atoms with Crippen molar-refractivity contribution >= 4 is 15.6 Å². The van der Waals surface area contributed by atoms with E-state index in [2.05, 4.69) is 13.8 Å². The van der Waals surface area contributed by atoms with Crippen LogP contribution >= 0.6 is 15.6 Å². The van der Waals surface area contributed by atoms with E-state index < -0.39 is 15.6 Å². The maximum atomic E-state index is 8.88. The van der Waals surface area contributed by atoms with Crippen LogP contribution in [0.2, 0.25) is 0 Å². The summed E-state index contributed by atoms with van der Waals surface area (Å²) in [5, 5.41) is 0. The standard InChI is InChI=1S/C17H36.CH4.2H3O4P.H2O/c1-3-5-7-9-11-13-15-17-16-14-12-10-8-6-4-2;;2*1-5(2,3)4;/h3-17H2,1-2H3;1H4;2*(H3,1,2,3,4);1H2. The van der Waals surface area contributed by atoms with Crippen LogP contribution in [0.3, 0.4) is 0 Å². The van der Waals surface area contributed by atoms with Gasteiger partial charge in [0.15, 0.2) is 0 Å². The van der Waals surface area contributed by atoms with Crippen molar-refractivity contribution in [3.63, 3.8) is 0 Å². The molecule has 0 rings (SSSR count). The van der Waals surface area contributed by atoms with E-state index in [4.69, 9.17) is 38.5 Å². The van der Waals surface area contributed by atoms with Gasteiger partial charge in [-0.05, 0) is 0 Å². The van der Waals surface area contributed by atoms with E-state index in [0.29, 0.717) is 0 Å². The Morgan fingerprint density at radius 2 is 0.552 bits per heavy atom. The van der Waals surface area contributed by atoms with Crippen LogP contribution in [0.25, 0.3) is 0 Å². The molecule has 0 atom stereocenters. The van der Waals surface area contributed by atoms with Gasteiger partial charge in [-0.3, -0.25) is 0 Å². The van der Waals surface area contributed by atoms with Gasteiger partial charge >= 0.3 is 15.6 Å². The largest absolute Gasteiger partial charge is 0.466 e. The summed E-state index contributed by atoms with van der Waals surface area (Å²) in [7, 11) is -9.28. The zero-order chi connectivity index (χ0) is 21.6. The molecule has 11 heteroatoms. The highest BCUT2D eigenvalue weighted by Crippen LogP contribution is 2.26. The Morgan fingerprint density at radius 1 is 0.448 bits per heavy atom. The summed E-state index contributed by atoms with van der Waals surface area (Å²) in [6.07, 6.45) is 21.9. The molecule has 0 spiro atoms. The lowest BCUT2D eigenvalue weighted by Crippen LogP contribution is -1.82.